The smallest absolute Gasteiger partial charge is 0.0682 e. The van der Waals surface area contributed by atoms with Crippen molar-refractivity contribution in [2.75, 3.05) is 0 Å². The summed E-state index contributed by atoms with van der Waals surface area (Å²) in [5, 5.41) is 7.80. The topological polar surface area (TPSA) is 29.9 Å². The Hall–Kier alpha value is -1.61. The van der Waals surface area contributed by atoms with Gasteiger partial charge in [0.05, 0.1) is 5.69 Å². The summed E-state index contributed by atoms with van der Waals surface area (Å²) < 4.78 is 1.93. The standard InChI is InChI=1S/C14H17N3/c1-17-14(8-9-16-17)13-5-3-2-4-11(13)10-15-12-6-7-12/h2-5,8-9,12,15H,6-7,10H2,1H3. The van der Waals surface area contributed by atoms with Gasteiger partial charge in [-0.05, 0) is 24.5 Å². The highest BCUT2D eigenvalue weighted by Crippen LogP contribution is 2.24. The molecule has 2 aromatic rings. The number of hydrogen-bond acceptors (Lipinski definition) is 2. The van der Waals surface area contributed by atoms with Gasteiger partial charge in [-0.2, -0.15) is 5.10 Å². The molecule has 0 unspecified atom stereocenters. The molecule has 0 amide bonds. The van der Waals surface area contributed by atoms with E-state index < -0.39 is 0 Å². The molecule has 1 fully saturated rings. The van der Waals surface area contributed by atoms with Crippen LogP contribution < -0.4 is 5.32 Å². The van der Waals surface area contributed by atoms with Crippen molar-refractivity contribution >= 4 is 0 Å². The van der Waals surface area contributed by atoms with Gasteiger partial charge in [-0.25, -0.2) is 0 Å². The minimum atomic E-state index is 0.745. The normalized spacial score (nSPS) is 15.1. The van der Waals surface area contributed by atoms with E-state index in [-0.39, 0.29) is 0 Å². The molecule has 88 valence electrons. The molecule has 3 rings (SSSR count). The zero-order valence-corrected chi connectivity index (χ0v) is 10.1. The van der Waals surface area contributed by atoms with Crippen LogP contribution in [0.1, 0.15) is 18.4 Å². The first-order chi connectivity index (χ1) is 8.34. The highest BCUT2D eigenvalue weighted by molar-refractivity contribution is 5.63. The first-order valence-corrected chi connectivity index (χ1v) is 6.14. The Kier molecular flexibility index (Phi) is 2.69. The number of benzene rings is 1. The lowest BCUT2D eigenvalue weighted by molar-refractivity contribution is 0.687. The molecule has 1 aromatic heterocycles. The van der Waals surface area contributed by atoms with Crippen molar-refractivity contribution in [1.29, 1.82) is 0 Å². The first-order valence-electron chi connectivity index (χ1n) is 6.14. The summed E-state index contributed by atoms with van der Waals surface area (Å²) in [6.45, 7) is 0.950. The Labute approximate surface area is 101 Å². The molecule has 3 heteroatoms. The largest absolute Gasteiger partial charge is 0.310 e. The van der Waals surface area contributed by atoms with Crippen LogP contribution in [0.15, 0.2) is 36.5 Å². The summed E-state index contributed by atoms with van der Waals surface area (Å²) in [7, 11) is 1.99. The molecule has 1 aliphatic carbocycles. The number of hydrogen-bond donors (Lipinski definition) is 1. The quantitative estimate of drug-likeness (QED) is 0.869. The zero-order valence-electron chi connectivity index (χ0n) is 10.1. The predicted molar refractivity (Wildman–Crippen MR) is 68.5 cm³/mol. The lowest BCUT2D eigenvalue weighted by Crippen LogP contribution is -2.16. The number of rotatable bonds is 4. The SMILES string of the molecule is Cn1nccc1-c1ccccc1CNC1CC1. The fraction of sp³-hybridized carbons (Fsp3) is 0.357. The maximum Gasteiger partial charge on any atom is 0.0682 e. The molecule has 0 spiro atoms. The van der Waals surface area contributed by atoms with Gasteiger partial charge in [0.2, 0.25) is 0 Å². The summed E-state index contributed by atoms with van der Waals surface area (Å²) in [5.41, 5.74) is 3.81. The average Bonchev–Trinajstić information content (AvgIpc) is 3.09. The molecule has 0 atom stereocenters. The van der Waals surface area contributed by atoms with Crippen molar-refractivity contribution in [3.8, 4) is 11.3 Å². The van der Waals surface area contributed by atoms with Crippen LogP contribution in [0.2, 0.25) is 0 Å². The monoisotopic (exact) mass is 227 g/mol. The van der Waals surface area contributed by atoms with E-state index in [9.17, 15) is 0 Å². The van der Waals surface area contributed by atoms with Crippen LogP contribution in [0.3, 0.4) is 0 Å². The van der Waals surface area contributed by atoms with Gasteiger partial charge in [-0.3, -0.25) is 4.68 Å². The van der Waals surface area contributed by atoms with Crippen molar-refractivity contribution in [2.45, 2.75) is 25.4 Å². The Bertz CT molecular complexity index is 512. The molecule has 1 aliphatic rings. The van der Waals surface area contributed by atoms with Crippen LogP contribution in [0.25, 0.3) is 11.3 Å². The predicted octanol–water partition coefficient (Wildman–Crippen LogP) is 2.34. The molecular weight excluding hydrogens is 210 g/mol. The average molecular weight is 227 g/mol. The molecular formula is C14H17N3. The minimum Gasteiger partial charge on any atom is -0.310 e. The van der Waals surface area contributed by atoms with Gasteiger partial charge < -0.3 is 5.32 Å². The van der Waals surface area contributed by atoms with Crippen molar-refractivity contribution in [3.05, 3.63) is 42.1 Å². The van der Waals surface area contributed by atoms with E-state index in [1.807, 2.05) is 17.9 Å². The molecule has 1 heterocycles. The maximum atomic E-state index is 4.24. The van der Waals surface area contributed by atoms with Gasteiger partial charge in [0, 0.05) is 31.4 Å². The molecule has 3 nitrogen and oxygen atoms in total. The highest BCUT2D eigenvalue weighted by Gasteiger charge is 2.20. The summed E-state index contributed by atoms with van der Waals surface area (Å²) >= 11 is 0. The van der Waals surface area contributed by atoms with Gasteiger partial charge in [-0.1, -0.05) is 24.3 Å². The van der Waals surface area contributed by atoms with Crippen LogP contribution in [0.4, 0.5) is 0 Å². The fourth-order valence-electron chi connectivity index (χ4n) is 2.10. The molecule has 0 bridgehead atoms. The number of nitrogens with one attached hydrogen (secondary N) is 1. The second-order valence-corrected chi connectivity index (χ2v) is 4.65. The third kappa shape index (κ3) is 2.24. The maximum absolute atomic E-state index is 4.24. The van der Waals surface area contributed by atoms with Gasteiger partial charge >= 0.3 is 0 Å². The summed E-state index contributed by atoms with van der Waals surface area (Å²) in [6, 6.07) is 11.4. The zero-order chi connectivity index (χ0) is 11.7. The van der Waals surface area contributed by atoms with Crippen molar-refractivity contribution in [2.24, 2.45) is 7.05 Å². The van der Waals surface area contributed by atoms with E-state index in [1.54, 1.807) is 0 Å². The van der Waals surface area contributed by atoms with E-state index in [1.165, 1.54) is 29.7 Å². The Morgan fingerprint density at radius 2 is 2.12 bits per heavy atom. The van der Waals surface area contributed by atoms with E-state index in [0.29, 0.717) is 0 Å². The van der Waals surface area contributed by atoms with E-state index in [2.05, 4.69) is 40.7 Å². The highest BCUT2D eigenvalue weighted by atomic mass is 15.3. The van der Waals surface area contributed by atoms with Crippen molar-refractivity contribution in [1.82, 2.24) is 15.1 Å². The molecule has 1 N–H and O–H groups in total. The third-order valence-corrected chi connectivity index (χ3v) is 3.27. The van der Waals surface area contributed by atoms with Gasteiger partial charge in [0.25, 0.3) is 0 Å². The summed E-state index contributed by atoms with van der Waals surface area (Å²) in [5.74, 6) is 0. The second-order valence-electron chi connectivity index (χ2n) is 4.65. The van der Waals surface area contributed by atoms with Gasteiger partial charge in [0.15, 0.2) is 0 Å². The van der Waals surface area contributed by atoms with E-state index >= 15 is 0 Å². The lowest BCUT2D eigenvalue weighted by Gasteiger charge is -2.10. The summed E-state index contributed by atoms with van der Waals surface area (Å²) in [4.78, 5) is 0. The summed E-state index contributed by atoms with van der Waals surface area (Å²) in [6.07, 6.45) is 4.50. The minimum absolute atomic E-state index is 0.745. The van der Waals surface area contributed by atoms with Crippen LogP contribution in [0, 0.1) is 0 Å². The van der Waals surface area contributed by atoms with E-state index in [0.717, 1.165) is 12.6 Å². The second kappa shape index (κ2) is 4.34. The Balaban J connectivity index is 1.89. The molecule has 0 radical (unpaired) electrons. The molecule has 0 aliphatic heterocycles. The van der Waals surface area contributed by atoms with Gasteiger partial charge in [-0.15, -0.1) is 0 Å². The Morgan fingerprint density at radius 3 is 2.82 bits per heavy atom. The van der Waals surface area contributed by atoms with Gasteiger partial charge in [0.1, 0.15) is 0 Å². The van der Waals surface area contributed by atoms with Crippen LogP contribution in [-0.2, 0) is 13.6 Å². The molecule has 1 aromatic carbocycles. The van der Waals surface area contributed by atoms with Crippen molar-refractivity contribution < 1.29 is 0 Å². The molecule has 17 heavy (non-hydrogen) atoms. The number of aryl methyl sites for hydroxylation is 1. The van der Waals surface area contributed by atoms with Crippen LogP contribution in [0.5, 0.6) is 0 Å². The van der Waals surface area contributed by atoms with E-state index in [4.69, 9.17) is 0 Å². The van der Waals surface area contributed by atoms with Crippen LogP contribution in [-0.4, -0.2) is 15.8 Å². The fourth-order valence-corrected chi connectivity index (χ4v) is 2.10. The first kappa shape index (κ1) is 10.5. The number of nitrogens with zero attached hydrogens (tertiary/aromatic N) is 2. The lowest BCUT2D eigenvalue weighted by atomic mass is 10.0. The van der Waals surface area contributed by atoms with Crippen LogP contribution >= 0.6 is 0 Å². The Morgan fingerprint density at radius 1 is 1.29 bits per heavy atom. The molecule has 0 saturated heterocycles. The third-order valence-electron chi connectivity index (χ3n) is 3.27. The molecule has 1 saturated carbocycles. The number of aromatic nitrogens is 2. The van der Waals surface area contributed by atoms with Crippen molar-refractivity contribution in [3.63, 3.8) is 0 Å².